The zero-order valence-electron chi connectivity index (χ0n) is 31.7. The Labute approximate surface area is 326 Å². The fourth-order valence-corrected chi connectivity index (χ4v) is 8.03. The highest BCUT2D eigenvalue weighted by Crippen LogP contribution is 2.55. The molecule has 4 aromatic rings. The largest absolute Gasteiger partial charge is 0.493 e. The Morgan fingerprint density at radius 1 is 0.825 bits per heavy atom. The molecule has 298 valence electrons. The molecule has 1 aliphatic carbocycles. The zero-order chi connectivity index (χ0) is 40.5. The van der Waals surface area contributed by atoms with Crippen LogP contribution in [0.5, 0.6) is 40.2 Å². The van der Waals surface area contributed by atoms with Gasteiger partial charge in [-0.2, -0.15) is 0 Å². The minimum atomic E-state index is -0.835. The molecular formula is C41H40N2O14. The Morgan fingerprint density at radius 3 is 2.07 bits per heavy atom. The molecule has 0 saturated carbocycles. The van der Waals surface area contributed by atoms with Gasteiger partial charge >= 0.3 is 11.7 Å². The number of cyclic esters (lactones) is 1. The van der Waals surface area contributed by atoms with E-state index in [4.69, 9.17) is 37.9 Å². The van der Waals surface area contributed by atoms with Gasteiger partial charge in [0, 0.05) is 34.6 Å². The van der Waals surface area contributed by atoms with Gasteiger partial charge < -0.3 is 53.4 Å². The number of methoxy groups -OCH3 is 5. The van der Waals surface area contributed by atoms with Crippen LogP contribution in [0.15, 0.2) is 54.6 Å². The molecule has 16 nitrogen and oxygen atoms in total. The first-order valence-electron chi connectivity index (χ1n) is 17.8. The number of aliphatic hydroxyl groups excluding tert-OH is 2. The van der Waals surface area contributed by atoms with Crippen molar-refractivity contribution in [3.63, 3.8) is 0 Å². The molecule has 0 bridgehead atoms. The van der Waals surface area contributed by atoms with E-state index < -0.39 is 47.2 Å². The summed E-state index contributed by atoms with van der Waals surface area (Å²) in [6, 6.07) is 13.6. The molecule has 3 aliphatic rings. The van der Waals surface area contributed by atoms with Gasteiger partial charge in [0.1, 0.15) is 0 Å². The van der Waals surface area contributed by atoms with Crippen LogP contribution in [0.2, 0.25) is 0 Å². The number of carbonyl (C=O) groups excluding carboxylic acids is 2. The fraction of sp³-hybridized carbons (Fsp3) is 0.317. The Hall–Kier alpha value is -6.52. The lowest BCUT2D eigenvalue weighted by atomic mass is 9.65. The van der Waals surface area contributed by atoms with Gasteiger partial charge in [0.25, 0.3) is 5.91 Å². The molecule has 2 heterocycles. The normalized spacial score (nSPS) is 19.2. The van der Waals surface area contributed by atoms with E-state index in [-0.39, 0.29) is 48.5 Å². The third-order valence-corrected chi connectivity index (χ3v) is 10.6. The van der Waals surface area contributed by atoms with Gasteiger partial charge in [-0.05, 0) is 76.4 Å². The van der Waals surface area contributed by atoms with E-state index >= 15 is 0 Å². The van der Waals surface area contributed by atoms with Crippen molar-refractivity contribution in [1.82, 2.24) is 5.32 Å². The third-order valence-electron chi connectivity index (χ3n) is 10.6. The minimum absolute atomic E-state index is 0.0291. The van der Waals surface area contributed by atoms with E-state index in [2.05, 4.69) is 5.32 Å². The SMILES string of the molecule is COc1ccc(/C=C(/C(=O)N[C@@H]2c3cc4c(cc3[C@@H](c3cc(CO)c(OC)c(OC)c3)[C@H]3C(=O)OC[C@@H]32)OCO4)c2cc(CO)c(OC)c(OC)c2)cc1[N+](=O)[O-]. The number of ether oxygens (including phenoxy) is 8. The number of carbonyl (C=O) groups is 2. The molecular weight excluding hydrogens is 744 g/mol. The van der Waals surface area contributed by atoms with Crippen LogP contribution in [-0.2, 0) is 27.5 Å². The van der Waals surface area contributed by atoms with Crippen molar-refractivity contribution in [2.24, 2.45) is 11.8 Å². The van der Waals surface area contributed by atoms with Crippen LogP contribution >= 0.6 is 0 Å². The maximum Gasteiger partial charge on any atom is 0.311 e. The summed E-state index contributed by atoms with van der Waals surface area (Å²) in [4.78, 5) is 40.1. The van der Waals surface area contributed by atoms with Crippen LogP contribution in [0.3, 0.4) is 0 Å². The lowest BCUT2D eigenvalue weighted by Gasteiger charge is -2.39. The number of nitrogens with zero attached hydrogens (tertiary/aromatic N) is 1. The standard InChI is InChI=1S/C41H40N2O14/c1-50-30-7-6-20(9-29(30)43(48)49)8-25(21-10-23(16-44)38(53-4)33(12-21)51-2)40(46)42-37-27-15-32-31(56-19-57-32)14-26(27)35(36-28(37)18-55-41(36)47)22-11-24(17-45)39(54-5)34(13-22)52-3/h6-15,28,35-37,44-45H,16-19H2,1-5H3,(H,42,46)/b25-8+/t28-,35+,36-,37+/m0/s1. The Morgan fingerprint density at radius 2 is 1.46 bits per heavy atom. The molecule has 1 amide bonds. The highest BCUT2D eigenvalue weighted by atomic mass is 16.7. The van der Waals surface area contributed by atoms with E-state index in [1.54, 1.807) is 42.5 Å². The summed E-state index contributed by atoms with van der Waals surface area (Å²) < 4.78 is 44.7. The predicted octanol–water partition coefficient (Wildman–Crippen LogP) is 4.68. The fourth-order valence-electron chi connectivity index (χ4n) is 8.03. The van der Waals surface area contributed by atoms with Crippen molar-refractivity contribution in [3.8, 4) is 40.2 Å². The first-order valence-corrected chi connectivity index (χ1v) is 17.8. The van der Waals surface area contributed by atoms with Crippen molar-refractivity contribution in [3.05, 3.63) is 104 Å². The lowest BCUT2D eigenvalue weighted by molar-refractivity contribution is -0.385. The van der Waals surface area contributed by atoms with Crippen LogP contribution in [-0.4, -0.2) is 76.0 Å². The zero-order valence-corrected chi connectivity index (χ0v) is 31.7. The van der Waals surface area contributed by atoms with E-state index in [9.17, 15) is 29.9 Å². The molecule has 3 N–H and O–H groups in total. The first-order chi connectivity index (χ1) is 27.6. The summed E-state index contributed by atoms with van der Waals surface area (Å²) in [6.45, 7) is -0.898. The second-order valence-electron chi connectivity index (χ2n) is 13.4. The van der Waals surface area contributed by atoms with Crippen molar-refractivity contribution >= 4 is 29.2 Å². The van der Waals surface area contributed by atoms with Gasteiger partial charge in [-0.25, -0.2) is 0 Å². The molecule has 16 heteroatoms. The van der Waals surface area contributed by atoms with Crippen LogP contribution < -0.4 is 38.5 Å². The number of hydrogen-bond donors (Lipinski definition) is 3. The number of benzene rings is 4. The maximum absolute atomic E-state index is 14.9. The number of nitro groups is 1. The first kappa shape index (κ1) is 38.7. The maximum atomic E-state index is 14.9. The molecule has 1 saturated heterocycles. The highest BCUT2D eigenvalue weighted by Gasteiger charge is 2.53. The number of hydrogen-bond acceptors (Lipinski definition) is 14. The summed E-state index contributed by atoms with van der Waals surface area (Å²) in [7, 11) is 7.10. The smallest absolute Gasteiger partial charge is 0.311 e. The van der Waals surface area contributed by atoms with Gasteiger partial charge in [0.2, 0.25) is 6.79 Å². The number of nitro benzene ring substituents is 1. The molecule has 0 radical (unpaired) electrons. The molecule has 7 rings (SSSR count). The Kier molecular flexibility index (Phi) is 10.8. The Bertz CT molecular complexity index is 2240. The second-order valence-corrected chi connectivity index (χ2v) is 13.4. The average Bonchev–Trinajstić information content (AvgIpc) is 3.86. The molecule has 4 aromatic carbocycles. The number of amides is 1. The van der Waals surface area contributed by atoms with Crippen molar-refractivity contribution in [2.75, 3.05) is 48.9 Å². The minimum Gasteiger partial charge on any atom is -0.493 e. The van der Waals surface area contributed by atoms with Crippen LogP contribution in [0, 0.1) is 22.0 Å². The summed E-state index contributed by atoms with van der Waals surface area (Å²) in [6.07, 6.45) is 1.48. The third kappa shape index (κ3) is 6.86. The van der Waals surface area contributed by atoms with Crippen molar-refractivity contribution in [1.29, 1.82) is 0 Å². The van der Waals surface area contributed by atoms with E-state index in [0.29, 0.717) is 61.9 Å². The van der Waals surface area contributed by atoms with Gasteiger partial charge in [0.05, 0.1) is 72.3 Å². The molecule has 0 spiro atoms. The quantitative estimate of drug-likeness (QED) is 0.0554. The number of aliphatic hydroxyl groups is 2. The molecule has 4 atom stereocenters. The predicted molar refractivity (Wildman–Crippen MR) is 202 cm³/mol. The van der Waals surface area contributed by atoms with Crippen molar-refractivity contribution in [2.45, 2.75) is 25.2 Å². The molecule has 0 aromatic heterocycles. The summed E-state index contributed by atoms with van der Waals surface area (Å²) in [5.74, 6) is -1.06. The second kappa shape index (κ2) is 15.9. The summed E-state index contributed by atoms with van der Waals surface area (Å²) in [5, 5.41) is 35.8. The molecule has 57 heavy (non-hydrogen) atoms. The van der Waals surface area contributed by atoms with Crippen LogP contribution in [0.1, 0.15) is 50.9 Å². The molecule has 1 fully saturated rings. The average molecular weight is 785 g/mol. The number of fused-ring (bicyclic) bond motifs is 3. The van der Waals surface area contributed by atoms with Gasteiger partial charge in [-0.1, -0.05) is 6.07 Å². The molecule has 2 aliphatic heterocycles. The van der Waals surface area contributed by atoms with E-state index in [1.165, 1.54) is 53.8 Å². The lowest BCUT2D eigenvalue weighted by Crippen LogP contribution is -2.43. The van der Waals surface area contributed by atoms with Gasteiger partial charge in [0.15, 0.2) is 40.2 Å². The topological polar surface area (TPSA) is 204 Å². The van der Waals surface area contributed by atoms with Crippen molar-refractivity contribution < 1.29 is 62.6 Å². The van der Waals surface area contributed by atoms with E-state index in [1.807, 2.05) is 0 Å². The van der Waals surface area contributed by atoms with Gasteiger partial charge in [-0.3, -0.25) is 19.7 Å². The molecule has 0 unspecified atom stereocenters. The number of nitrogens with one attached hydrogen (secondary N) is 1. The number of rotatable bonds is 13. The Balaban J connectivity index is 1.40. The van der Waals surface area contributed by atoms with Crippen LogP contribution in [0.25, 0.3) is 11.6 Å². The summed E-state index contributed by atoms with van der Waals surface area (Å²) >= 11 is 0. The summed E-state index contributed by atoms with van der Waals surface area (Å²) in [5.41, 5.74) is 2.99. The van der Waals surface area contributed by atoms with E-state index in [0.717, 1.165) is 0 Å². The van der Waals surface area contributed by atoms with Crippen LogP contribution in [0.4, 0.5) is 5.69 Å². The number of esters is 1. The van der Waals surface area contributed by atoms with Gasteiger partial charge in [-0.15, -0.1) is 0 Å². The highest BCUT2D eigenvalue weighted by molar-refractivity contribution is 6.24. The monoisotopic (exact) mass is 784 g/mol.